The van der Waals surface area contributed by atoms with Gasteiger partial charge in [-0.25, -0.2) is 4.79 Å². The highest BCUT2D eigenvalue weighted by Gasteiger charge is 2.19. The molecule has 4 nitrogen and oxygen atoms in total. The van der Waals surface area contributed by atoms with E-state index < -0.39 is 5.60 Å². The number of furan rings is 1. The predicted molar refractivity (Wildman–Crippen MR) is 74.0 cm³/mol. The van der Waals surface area contributed by atoms with E-state index in [1.54, 1.807) is 18.2 Å². The van der Waals surface area contributed by atoms with Gasteiger partial charge in [0.15, 0.2) is 0 Å². The lowest BCUT2D eigenvalue weighted by atomic mass is 10.1. The van der Waals surface area contributed by atoms with Gasteiger partial charge in [-0.2, -0.15) is 0 Å². The molecule has 0 spiro atoms. The molecule has 102 valence electrons. The fraction of sp³-hybridized carbons (Fsp3) is 0.400. The number of carbonyl (C=O) groups excluding carboxylic acids is 1. The third-order valence-corrected chi connectivity index (χ3v) is 2.85. The zero-order valence-electron chi connectivity index (χ0n) is 11.7. The Morgan fingerprint density at radius 2 is 2.05 bits per heavy atom. The Morgan fingerprint density at radius 1 is 1.37 bits per heavy atom. The normalized spacial score (nSPS) is 11.8. The summed E-state index contributed by atoms with van der Waals surface area (Å²) in [7, 11) is 0. The van der Waals surface area contributed by atoms with E-state index in [1.807, 2.05) is 27.7 Å². The molecule has 0 aliphatic carbocycles. The van der Waals surface area contributed by atoms with Gasteiger partial charge in [0.2, 0.25) is 0 Å². The maximum atomic E-state index is 12.0. The van der Waals surface area contributed by atoms with Crippen molar-refractivity contribution in [2.45, 2.75) is 39.8 Å². The number of hydrogen-bond donors (Lipinski definition) is 1. The molecule has 2 rings (SSSR count). The summed E-state index contributed by atoms with van der Waals surface area (Å²) in [6.45, 7) is 7.83. The Kier molecular flexibility index (Phi) is 3.37. The van der Waals surface area contributed by atoms with E-state index in [2.05, 4.69) is 0 Å². The number of esters is 1. The van der Waals surface area contributed by atoms with Crippen LogP contribution in [0.3, 0.4) is 0 Å². The number of ether oxygens (including phenoxy) is 1. The van der Waals surface area contributed by atoms with Gasteiger partial charge in [-0.15, -0.1) is 0 Å². The van der Waals surface area contributed by atoms with E-state index in [-0.39, 0.29) is 5.97 Å². The highest BCUT2D eigenvalue weighted by molar-refractivity contribution is 5.95. The average molecular weight is 261 g/mol. The molecule has 0 fully saturated rings. The molecule has 2 aromatic rings. The van der Waals surface area contributed by atoms with Crippen LogP contribution in [0.25, 0.3) is 11.0 Å². The summed E-state index contributed by atoms with van der Waals surface area (Å²) in [5.41, 5.74) is 7.35. The zero-order chi connectivity index (χ0) is 14.2. The predicted octanol–water partition coefficient (Wildman–Crippen LogP) is 3.16. The first-order valence-corrected chi connectivity index (χ1v) is 6.27. The van der Waals surface area contributed by atoms with Crippen molar-refractivity contribution in [3.63, 3.8) is 0 Å². The second kappa shape index (κ2) is 4.70. The number of nitrogens with two attached hydrogens (primary N) is 1. The zero-order valence-corrected chi connectivity index (χ0v) is 11.7. The molecule has 0 atom stereocenters. The van der Waals surface area contributed by atoms with Crippen molar-refractivity contribution in [2.24, 2.45) is 5.73 Å². The minimum atomic E-state index is -0.500. The fourth-order valence-electron chi connectivity index (χ4n) is 1.93. The molecule has 2 N–H and O–H groups in total. The van der Waals surface area contributed by atoms with Gasteiger partial charge >= 0.3 is 5.97 Å². The first-order valence-electron chi connectivity index (χ1n) is 6.27. The van der Waals surface area contributed by atoms with Gasteiger partial charge in [0.25, 0.3) is 0 Å². The molecule has 1 aromatic heterocycles. The van der Waals surface area contributed by atoms with Crippen LogP contribution < -0.4 is 5.73 Å². The highest BCUT2D eigenvalue weighted by Crippen LogP contribution is 2.26. The summed E-state index contributed by atoms with van der Waals surface area (Å²) < 4.78 is 11.0. The second-order valence-corrected chi connectivity index (χ2v) is 5.57. The molecule has 0 saturated heterocycles. The molecule has 0 unspecified atom stereocenters. The van der Waals surface area contributed by atoms with Crippen molar-refractivity contribution in [1.82, 2.24) is 0 Å². The quantitative estimate of drug-likeness (QED) is 0.843. The van der Waals surface area contributed by atoms with Gasteiger partial charge in [0, 0.05) is 5.39 Å². The molecule has 19 heavy (non-hydrogen) atoms. The van der Waals surface area contributed by atoms with Crippen molar-refractivity contribution < 1.29 is 13.9 Å². The van der Waals surface area contributed by atoms with E-state index in [4.69, 9.17) is 14.9 Å². The number of rotatable bonds is 2. The van der Waals surface area contributed by atoms with Crippen molar-refractivity contribution in [1.29, 1.82) is 0 Å². The lowest BCUT2D eigenvalue weighted by Crippen LogP contribution is -2.23. The summed E-state index contributed by atoms with van der Waals surface area (Å²) in [4.78, 5) is 12.0. The van der Waals surface area contributed by atoms with Crippen LogP contribution in [0.1, 0.15) is 42.5 Å². The summed E-state index contributed by atoms with van der Waals surface area (Å²) in [6, 6.07) is 5.28. The molecule has 4 heteroatoms. The van der Waals surface area contributed by atoms with Crippen molar-refractivity contribution in [2.75, 3.05) is 0 Å². The van der Waals surface area contributed by atoms with Crippen molar-refractivity contribution in [3.8, 4) is 0 Å². The SMILES string of the molecule is Cc1c(CN)oc2ccc(C(=O)OC(C)(C)C)cc12. The Morgan fingerprint density at radius 3 is 2.63 bits per heavy atom. The van der Waals surface area contributed by atoms with Crippen LogP contribution in [0.4, 0.5) is 0 Å². The van der Waals surface area contributed by atoms with Gasteiger partial charge in [-0.1, -0.05) is 0 Å². The highest BCUT2D eigenvalue weighted by atomic mass is 16.6. The van der Waals surface area contributed by atoms with Gasteiger partial charge in [-0.05, 0) is 51.5 Å². The van der Waals surface area contributed by atoms with E-state index in [0.717, 1.165) is 22.3 Å². The second-order valence-electron chi connectivity index (χ2n) is 5.57. The Hall–Kier alpha value is -1.81. The van der Waals surface area contributed by atoms with Crippen LogP contribution >= 0.6 is 0 Å². The van der Waals surface area contributed by atoms with E-state index in [9.17, 15) is 4.79 Å². The molecule has 1 aromatic carbocycles. The molecule has 1 heterocycles. The van der Waals surface area contributed by atoms with Gasteiger partial charge in [0.05, 0.1) is 12.1 Å². The lowest BCUT2D eigenvalue weighted by Gasteiger charge is -2.19. The Balaban J connectivity index is 2.41. The van der Waals surface area contributed by atoms with Crippen LogP contribution in [0.5, 0.6) is 0 Å². The monoisotopic (exact) mass is 261 g/mol. The number of hydrogen-bond acceptors (Lipinski definition) is 4. The summed E-state index contributed by atoms with van der Waals surface area (Å²) in [5, 5.41) is 0.906. The molecular formula is C15H19NO3. The smallest absolute Gasteiger partial charge is 0.338 e. The molecule has 0 amide bonds. The van der Waals surface area contributed by atoms with Crippen LogP contribution in [0.15, 0.2) is 22.6 Å². The Bertz CT molecular complexity index is 620. The van der Waals surface area contributed by atoms with Crippen LogP contribution in [-0.2, 0) is 11.3 Å². The van der Waals surface area contributed by atoms with Crippen molar-refractivity contribution >= 4 is 16.9 Å². The van der Waals surface area contributed by atoms with Crippen LogP contribution in [0.2, 0.25) is 0 Å². The summed E-state index contributed by atoms with van der Waals surface area (Å²) >= 11 is 0. The number of fused-ring (bicyclic) bond motifs is 1. The largest absolute Gasteiger partial charge is 0.459 e. The minimum absolute atomic E-state index is 0.329. The maximum absolute atomic E-state index is 12.0. The van der Waals surface area contributed by atoms with E-state index in [0.29, 0.717) is 12.1 Å². The van der Waals surface area contributed by atoms with Crippen LogP contribution in [0, 0.1) is 6.92 Å². The standard InChI is InChI=1S/C15H19NO3/c1-9-11-7-10(14(17)19-15(2,3)4)5-6-12(11)18-13(9)8-16/h5-7H,8,16H2,1-4H3. The van der Waals surface area contributed by atoms with Gasteiger partial charge < -0.3 is 14.9 Å². The van der Waals surface area contributed by atoms with E-state index in [1.165, 1.54) is 0 Å². The Labute approximate surface area is 112 Å². The first-order chi connectivity index (χ1) is 8.81. The van der Waals surface area contributed by atoms with E-state index >= 15 is 0 Å². The molecule has 0 aliphatic heterocycles. The molecule has 0 radical (unpaired) electrons. The third kappa shape index (κ3) is 2.79. The van der Waals surface area contributed by atoms with Crippen molar-refractivity contribution in [3.05, 3.63) is 35.1 Å². The number of benzene rings is 1. The van der Waals surface area contributed by atoms with Gasteiger partial charge in [-0.3, -0.25) is 0 Å². The maximum Gasteiger partial charge on any atom is 0.338 e. The topological polar surface area (TPSA) is 65.5 Å². The number of aryl methyl sites for hydroxylation is 1. The molecule has 0 bridgehead atoms. The molecule has 0 saturated carbocycles. The summed E-state index contributed by atoms with van der Waals surface area (Å²) in [5.74, 6) is 0.417. The average Bonchev–Trinajstić information content (AvgIpc) is 2.63. The first kappa shape index (κ1) is 13.6. The lowest BCUT2D eigenvalue weighted by molar-refractivity contribution is 0.00697. The number of carbonyl (C=O) groups is 1. The molecular weight excluding hydrogens is 242 g/mol. The van der Waals surface area contributed by atoms with Crippen LogP contribution in [-0.4, -0.2) is 11.6 Å². The molecule has 0 aliphatic rings. The summed E-state index contributed by atoms with van der Waals surface area (Å²) in [6.07, 6.45) is 0. The third-order valence-electron chi connectivity index (χ3n) is 2.85. The van der Waals surface area contributed by atoms with Gasteiger partial charge in [0.1, 0.15) is 16.9 Å². The minimum Gasteiger partial charge on any atom is -0.459 e. The fourth-order valence-corrected chi connectivity index (χ4v) is 1.93.